The molecule has 2 aromatic rings. The summed E-state index contributed by atoms with van der Waals surface area (Å²) in [5, 5.41) is 7.36. The molecule has 0 aliphatic heterocycles. The molecule has 0 unspecified atom stereocenters. The Labute approximate surface area is 113 Å². The number of furan rings is 1. The lowest BCUT2D eigenvalue weighted by Gasteiger charge is -2.12. The smallest absolute Gasteiger partial charge is 0.151 e. The van der Waals surface area contributed by atoms with E-state index in [9.17, 15) is 0 Å². The Morgan fingerprint density at radius 2 is 2.26 bits per heavy atom. The highest BCUT2D eigenvalue weighted by Gasteiger charge is 2.08. The topological polar surface area (TPSA) is 54.4 Å². The number of rotatable bonds is 8. The maximum atomic E-state index is 5.33. The first-order chi connectivity index (χ1) is 9.28. The van der Waals surface area contributed by atoms with Crippen molar-refractivity contribution >= 4 is 0 Å². The molecule has 5 nitrogen and oxygen atoms in total. The van der Waals surface area contributed by atoms with Crippen LogP contribution in [0.25, 0.3) is 0 Å². The van der Waals surface area contributed by atoms with Gasteiger partial charge in [0.15, 0.2) is 5.76 Å². The Balaban J connectivity index is 1.78. The fraction of sp³-hybridized carbons (Fsp3) is 0.500. The Morgan fingerprint density at radius 3 is 3.00 bits per heavy atom. The molecule has 2 heterocycles. The largest absolute Gasteiger partial charge is 0.472 e. The molecule has 19 heavy (non-hydrogen) atoms. The highest BCUT2D eigenvalue weighted by Crippen LogP contribution is 2.10. The minimum absolute atomic E-state index is 0.742. The molecule has 1 N–H and O–H groups in total. The summed E-state index contributed by atoms with van der Waals surface area (Å²) in [6.45, 7) is 5.49. The van der Waals surface area contributed by atoms with Gasteiger partial charge in [0.2, 0.25) is 0 Å². The van der Waals surface area contributed by atoms with Gasteiger partial charge >= 0.3 is 0 Å². The summed E-state index contributed by atoms with van der Waals surface area (Å²) in [4.78, 5) is 2.16. The molecule has 104 valence electrons. The first-order valence-corrected chi connectivity index (χ1v) is 6.62. The molecule has 0 saturated carbocycles. The van der Waals surface area contributed by atoms with Gasteiger partial charge in [-0.05, 0) is 26.1 Å². The number of hydrogen-bond donors (Lipinski definition) is 1. The molecule has 5 heteroatoms. The lowest BCUT2D eigenvalue weighted by atomic mass is 10.3. The van der Waals surface area contributed by atoms with Gasteiger partial charge in [-0.15, -0.1) is 0 Å². The van der Waals surface area contributed by atoms with Crippen LogP contribution in [0.2, 0.25) is 0 Å². The van der Waals surface area contributed by atoms with Crippen LogP contribution in [0, 0.1) is 0 Å². The van der Waals surface area contributed by atoms with Gasteiger partial charge in [-0.3, -0.25) is 4.90 Å². The minimum Gasteiger partial charge on any atom is -0.472 e. The molecule has 2 rings (SSSR count). The SMILES string of the molecule is CCCNCc1cc(CN(C)Cc2ccoc2)on1. The molecular weight excluding hydrogens is 242 g/mol. The molecule has 0 radical (unpaired) electrons. The Bertz CT molecular complexity index is 465. The van der Waals surface area contributed by atoms with E-state index >= 15 is 0 Å². The minimum atomic E-state index is 0.742. The zero-order chi connectivity index (χ0) is 13.5. The number of nitrogens with one attached hydrogen (secondary N) is 1. The summed E-state index contributed by atoms with van der Waals surface area (Å²) in [6, 6.07) is 3.98. The van der Waals surface area contributed by atoms with Crippen molar-refractivity contribution in [2.45, 2.75) is 33.0 Å². The van der Waals surface area contributed by atoms with Crippen LogP contribution in [0.5, 0.6) is 0 Å². The number of aromatic nitrogens is 1. The second-order valence-electron chi connectivity index (χ2n) is 4.77. The van der Waals surface area contributed by atoms with E-state index in [-0.39, 0.29) is 0 Å². The van der Waals surface area contributed by atoms with Crippen molar-refractivity contribution in [3.63, 3.8) is 0 Å². The van der Waals surface area contributed by atoms with Crippen molar-refractivity contribution in [1.82, 2.24) is 15.4 Å². The van der Waals surface area contributed by atoms with Crippen LogP contribution in [0.4, 0.5) is 0 Å². The van der Waals surface area contributed by atoms with Crippen LogP contribution < -0.4 is 5.32 Å². The van der Waals surface area contributed by atoms with Crippen molar-refractivity contribution < 1.29 is 8.94 Å². The third kappa shape index (κ3) is 4.54. The molecule has 0 aliphatic rings. The molecule has 0 atom stereocenters. The van der Waals surface area contributed by atoms with Crippen molar-refractivity contribution in [3.05, 3.63) is 41.7 Å². The first kappa shape index (κ1) is 13.8. The van der Waals surface area contributed by atoms with Gasteiger partial charge in [0, 0.05) is 24.7 Å². The standard InChI is InChI=1S/C14H21N3O2/c1-3-5-15-8-13-7-14(19-16-13)10-17(2)9-12-4-6-18-11-12/h4,6-7,11,15H,3,5,8-10H2,1-2H3. The van der Waals surface area contributed by atoms with E-state index in [1.807, 2.05) is 19.2 Å². The highest BCUT2D eigenvalue weighted by atomic mass is 16.5. The van der Waals surface area contributed by atoms with Gasteiger partial charge in [0.1, 0.15) is 0 Å². The van der Waals surface area contributed by atoms with E-state index in [1.54, 1.807) is 12.5 Å². The second-order valence-corrected chi connectivity index (χ2v) is 4.77. The molecular formula is C14H21N3O2. The third-order valence-corrected chi connectivity index (χ3v) is 2.80. The molecule has 0 spiro atoms. The molecule has 2 aromatic heterocycles. The first-order valence-electron chi connectivity index (χ1n) is 6.62. The van der Waals surface area contributed by atoms with E-state index in [0.29, 0.717) is 0 Å². The van der Waals surface area contributed by atoms with E-state index in [0.717, 1.165) is 49.6 Å². The predicted octanol–water partition coefficient (Wildman–Crippen LogP) is 2.40. The van der Waals surface area contributed by atoms with Gasteiger partial charge in [0.25, 0.3) is 0 Å². The van der Waals surface area contributed by atoms with Crippen molar-refractivity contribution in [2.75, 3.05) is 13.6 Å². The maximum absolute atomic E-state index is 5.33. The summed E-state index contributed by atoms with van der Waals surface area (Å²) >= 11 is 0. The predicted molar refractivity (Wildman–Crippen MR) is 72.4 cm³/mol. The molecule has 0 bridgehead atoms. The van der Waals surface area contributed by atoms with E-state index in [1.165, 1.54) is 0 Å². The molecule has 0 amide bonds. The van der Waals surface area contributed by atoms with Gasteiger partial charge < -0.3 is 14.3 Å². The van der Waals surface area contributed by atoms with Crippen molar-refractivity contribution in [2.24, 2.45) is 0 Å². The quantitative estimate of drug-likeness (QED) is 0.741. The molecule has 0 aliphatic carbocycles. The van der Waals surface area contributed by atoms with Crippen LogP contribution >= 0.6 is 0 Å². The van der Waals surface area contributed by atoms with E-state index < -0.39 is 0 Å². The van der Waals surface area contributed by atoms with Crippen LogP contribution in [-0.4, -0.2) is 23.6 Å². The zero-order valence-corrected chi connectivity index (χ0v) is 11.6. The highest BCUT2D eigenvalue weighted by molar-refractivity contribution is 5.07. The Kier molecular flexibility index (Phi) is 5.18. The lowest BCUT2D eigenvalue weighted by molar-refractivity contribution is 0.265. The molecule has 0 saturated heterocycles. The summed E-state index contributed by atoms with van der Waals surface area (Å²) in [5.41, 5.74) is 2.12. The Morgan fingerprint density at radius 1 is 1.37 bits per heavy atom. The summed E-state index contributed by atoms with van der Waals surface area (Å²) in [5.74, 6) is 0.888. The average molecular weight is 263 g/mol. The van der Waals surface area contributed by atoms with Crippen molar-refractivity contribution in [1.29, 1.82) is 0 Å². The number of nitrogens with zero attached hydrogens (tertiary/aromatic N) is 2. The fourth-order valence-electron chi connectivity index (χ4n) is 1.92. The van der Waals surface area contributed by atoms with E-state index in [2.05, 4.69) is 22.3 Å². The fourth-order valence-corrected chi connectivity index (χ4v) is 1.92. The van der Waals surface area contributed by atoms with Crippen LogP contribution in [0.3, 0.4) is 0 Å². The average Bonchev–Trinajstić information content (AvgIpc) is 3.02. The van der Waals surface area contributed by atoms with Crippen LogP contribution in [-0.2, 0) is 19.6 Å². The van der Waals surface area contributed by atoms with Gasteiger partial charge in [-0.1, -0.05) is 12.1 Å². The summed E-state index contributed by atoms with van der Waals surface area (Å²) < 4.78 is 10.4. The summed E-state index contributed by atoms with van der Waals surface area (Å²) in [6.07, 6.45) is 4.57. The van der Waals surface area contributed by atoms with E-state index in [4.69, 9.17) is 8.94 Å². The van der Waals surface area contributed by atoms with Crippen molar-refractivity contribution in [3.8, 4) is 0 Å². The van der Waals surface area contributed by atoms with Gasteiger partial charge in [0.05, 0.1) is 24.8 Å². The number of hydrogen-bond acceptors (Lipinski definition) is 5. The maximum Gasteiger partial charge on any atom is 0.151 e. The monoisotopic (exact) mass is 263 g/mol. The summed E-state index contributed by atoms with van der Waals surface area (Å²) in [7, 11) is 2.05. The lowest BCUT2D eigenvalue weighted by Crippen LogP contribution is -2.16. The normalized spacial score (nSPS) is 11.3. The zero-order valence-electron chi connectivity index (χ0n) is 11.6. The molecule has 0 aromatic carbocycles. The third-order valence-electron chi connectivity index (χ3n) is 2.80. The van der Waals surface area contributed by atoms with Gasteiger partial charge in [-0.25, -0.2) is 0 Å². The molecule has 0 fully saturated rings. The van der Waals surface area contributed by atoms with Crippen LogP contribution in [0.1, 0.15) is 30.4 Å². The van der Waals surface area contributed by atoms with Gasteiger partial charge in [-0.2, -0.15) is 0 Å². The van der Waals surface area contributed by atoms with Crippen LogP contribution in [0.15, 0.2) is 33.6 Å². The second kappa shape index (κ2) is 7.11. The Hall–Kier alpha value is -1.59.